The number of carbonyl (C=O) groups excluding carboxylic acids is 1. The van der Waals surface area contributed by atoms with Crippen molar-refractivity contribution in [3.63, 3.8) is 0 Å². The largest absolute Gasteiger partial charge is 0.459 e. The summed E-state index contributed by atoms with van der Waals surface area (Å²) >= 11 is 0. The molecule has 0 spiro atoms. The lowest BCUT2D eigenvalue weighted by Crippen LogP contribution is -2.38. The highest BCUT2D eigenvalue weighted by molar-refractivity contribution is 5.72. The first-order valence-electron chi connectivity index (χ1n) is 5.73. The molecule has 2 rings (SSSR count). The van der Waals surface area contributed by atoms with E-state index in [1.807, 2.05) is 0 Å². The minimum Gasteiger partial charge on any atom is -0.459 e. The van der Waals surface area contributed by atoms with Crippen LogP contribution in [0.2, 0.25) is 0 Å². The van der Waals surface area contributed by atoms with Gasteiger partial charge in [-0.1, -0.05) is 13.8 Å². The number of esters is 1. The Morgan fingerprint density at radius 3 is 2.86 bits per heavy atom. The highest BCUT2D eigenvalue weighted by Gasteiger charge is 2.48. The maximum atomic E-state index is 11.3. The molecule has 2 nitrogen and oxygen atoms in total. The van der Waals surface area contributed by atoms with Gasteiger partial charge in [-0.05, 0) is 38.0 Å². The Morgan fingerprint density at radius 2 is 2.21 bits per heavy atom. The average molecular weight is 196 g/mol. The zero-order valence-corrected chi connectivity index (χ0v) is 9.38. The van der Waals surface area contributed by atoms with Crippen LogP contribution in [0.3, 0.4) is 0 Å². The first-order chi connectivity index (χ1) is 6.51. The smallest absolute Gasteiger partial charge is 0.306 e. The van der Waals surface area contributed by atoms with Crippen LogP contribution in [0, 0.1) is 17.8 Å². The second kappa shape index (κ2) is 3.25. The number of rotatable bonds is 1. The number of carbonyl (C=O) groups is 1. The fraction of sp³-hybridized carbons (Fsp3) is 0.917. The van der Waals surface area contributed by atoms with Gasteiger partial charge in [0.15, 0.2) is 0 Å². The Morgan fingerprint density at radius 1 is 1.50 bits per heavy atom. The summed E-state index contributed by atoms with van der Waals surface area (Å²) in [4.78, 5) is 11.3. The van der Waals surface area contributed by atoms with Gasteiger partial charge in [0.25, 0.3) is 0 Å². The first kappa shape index (κ1) is 10.0. The number of fused-ring (bicyclic) bond motifs is 1. The summed E-state index contributed by atoms with van der Waals surface area (Å²) in [5.74, 6) is 2.04. The monoisotopic (exact) mass is 196 g/mol. The predicted molar refractivity (Wildman–Crippen MR) is 54.8 cm³/mol. The van der Waals surface area contributed by atoms with Crippen LogP contribution in [0.4, 0.5) is 0 Å². The van der Waals surface area contributed by atoms with Crippen molar-refractivity contribution in [2.75, 3.05) is 0 Å². The molecule has 1 saturated heterocycles. The molecule has 2 aliphatic rings. The zero-order valence-electron chi connectivity index (χ0n) is 9.38. The summed E-state index contributed by atoms with van der Waals surface area (Å²) in [6.07, 6.45) is 4.11. The summed E-state index contributed by atoms with van der Waals surface area (Å²) in [5.41, 5.74) is -0.123. The average Bonchev–Trinajstić information content (AvgIpc) is 2.37. The SMILES string of the molecule is CC(C)[C@H]1CC[C@@]2(C)OC(=O)C[C@H]2C1. The van der Waals surface area contributed by atoms with Crippen LogP contribution in [0.25, 0.3) is 0 Å². The molecular formula is C12H20O2. The van der Waals surface area contributed by atoms with Crippen molar-refractivity contribution in [2.45, 2.75) is 52.1 Å². The molecule has 0 radical (unpaired) electrons. The minimum absolute atomic E-state index is 0.0157. The Labute approximate surface area is 86.0 Å². The van der Waals surface area contributed by atoms with Gasteiger partial charge in [-0.25, -0.2) is 0 Å². The van der Waals surface area contributed by atoms with Crippen LogP contribution in [0.1, 0.15) is 46.5 Å². The van der Waals surface area contributed by atoms with Gasteiger partial charge in [-0.15, -0.1) is 0 Å². The van der Waals surface area contributed by atoms with Gasteiger partial charge >= 0.3 is 5.97 Å². The maximum absolute atomic E-state index is 11.3. The third-order valence-electron chi connectivity index (χ3n) is 4.17. The van der Waals surface area contributed by atoms with E-state index < -0.39 is 0 Å². The molecule has 3 atom stereocenters. The Balaban J connectivity index is 2.08. The lowest BCUT2D eigenvalue weighted by molar-refractivity contribution is -0.150. The van der Waals surface area contributed by atoms with Crippen molar-refractivity contribution < 1.29 is 9.53 Å². The molecule has 0 amide bonds. The number of hydrogen-bond acceptors (Lipinski definition) is 2. The molecule has 14 heavy (non-hydrogen) atoms. The summed E-state index contributed by atoms with van der Waals surface area (Å²) < 4.78 is 5.44. The standard InChI is InChI=1S/C12H20O2/c1-8(2)9-4-5-12(3)10(6-9)7-11(13)14-12/h8-10H,4-7H2,1-3H3/t9-,10+,12+/m0/s1. The molecule has 0 aromatic carbocycles. The molecule has 0 bridgehead atoms. The highest BCUT2D eigenvalue weighted by atomic mass is 16.6. The van der Waals surface area contributed by atoms with Crippen molar-refractivity contribution in [3.8, 4) is 0 Å². The molecule has 80 valence electrons. The molecular weight excluding hydrogens is 176 g/mol. The zero-order chi connectivity index (χ0) is 10.3. The van der Waals surface area contributed by atoms with Gasteiger partial charge in [0.2, 0.25) is 0 Å². The highest BCUT2D eigenvalue weighted by Crippen LogP contribution is 2.47. The van der Waals surface area contributed by atoms with Crippen molar-refractivity contribution in [2.24, 2.45) is 17.8 Å². The molecule has 1 aliphatic carbocycles. The van der Waals surface area contributed by atoms with Crippen LogP contribution in [-0.2, 0) is 9.53 Å². The van der Waals surface area contributed by atoms with Crippen molar-refractivity contribution in [1.82, 2.24) is 0 Å². The van der Waals surface area contributed by atoms with E-state index in [9.17, 15) is 4.79 Å². The van der Waals surface area contributed by atoms with E-state index in [0.717, 1.165) is 18.3 Å². The van der Waals surface area contributed by atoms with E-state index in [2.05, 4.69) is 20.8 Å². The molecule has 1 heterocycles. The van der Waals surface area contributed by atoms with E-state index in [1.165, 1.54) is 12.8 Å². The Hall–Kier alpha value is -0.530. The van der Waals surface area contributed by atoms with E-state index >= 15 is 0 Å². The lowest BCUT2D eigenvalue weighted by atomic mass is 9.69. The second-order valence-electron chi connectivity index (χ2n) is 5.47. The quantitative estimate of drug-likeness (QED) is 0.603. The molecule has 1 aliphatic heterocycles. The van der Waals surface area contributed by atoms with Crippen LogP contribution in [0.15, 0.2) is 0 Å². The van der Waals surface area contributed by atoms with Crippen LogP contribution in [0.5, 0.6) is 0 Å². The van der Waals surface area contributed by atoms with Crippen LogP contribution < -0.4 is 0 Å². The summed E-state index contributed by atoms with van der Waals surface area (Å²) in [6.45, 7) is 6.68. The molecule has 1 saturated carbocycles. The summed E-state index contributed by atoms with van der Waals surface area (Å²) in [5, 5.41) is 0. The molecule has 0 aromatic heterocycles. The third-order valence-corrected chi connectivity index (χ3v) is 4.17. The predicted octanol–water partition coefficient (Wildman–Crippen LogP) is 2.76. The van der Waals surface area contributed by atoms with E-state index in [-0.39, 0.29) is 11.6 Å². The van der Waals surface area contributed by atoms with Gasteiger partial charge in [-0.3, -0.25) is 4.79 Å². The second-order valence-corrected chi connectivity index (χ2v) is 5.47. The lowest BCUT2D eigenvalue weighted by Gasteiger charge is -2.39. The topological polar surface area (TPSA) is 26.3 Å². The van der Waals surface area contributed by atoms with Crippen molar-refractivity contribution in [1.29, 1.82) is 0 Å². The summed E-state index contributed by atoms with van der Waals surface area (Å²) in [7, 11) is 0. The fourth-order valence-corrected chi connectivity index (χ4v) is 2.95. The maximum Gasteiger partial charge on any atom is 0.306 e. The molecule has 2 heteroatoms. The van der Waals surface area contributed by atoms with E-state index in [0.29, 0.717) is 12.3 Å². The van der Waals surface area contributed by atoms with E-state index in [1.54, 1.807) is 0 Å². The van der Waals surface area contributed by atoms with Crippen LogP contribution in [-0.4, -0.2) is 11.6 Å². The van der Waals surface area contributed by atoms with Gasteiger partial charge in [0.05, 0.1) is 6.42 Å². The minimum atomic E-state index is -0.123. The molecule has 0 unspecified atom stereocenters. The van der Waals surface area contributed by atoms with Crippen molar-refractivity contribution in [3.05, 3.63) is 0 Å². The van der Waals surface area contributed by atoms with E-state index in [4.69, 9.17) is 4.74 Å². The fourth-order valence-electron chi connectivity index (χ4n) is 2.95. The van der Waals surface area contributed by atoms with Gasteiger partial charge in [0.1, 0.15) is 5.60 Å². The Kier molecular flexibility index (Phi) is 2.32. The van der Waals surface area contributed by atoms with Gasteiger partial charge < -0.3 is 4.74 Å². The van der Waals surface area contributed by atoms with Crippen molar-refractivity contribution >= 4 is 5.97 Å². The number of hydrogen-bond donors (Lipinski definition) is 0. The number of ether oxygens (including phenoxy) is 1. The van der Waals surface area contributed by atoms with Gasteiger partial charge in [-0.2, -0.15) is 0 Å². The third kappa shape index (κ3) is 1.55. The molecule has 2 fully saturated rings. The first-order valence-corrected chi connectivity index (χ1v) is 5.73. The molecule has 0 aromatic rings. The normalized spacial score (nSPS) is 42.4. The molecule has 0 N–H and O–H groups in total. The van der Waals surface area contributed by atoms with Gasteiger partial charge in [0, 0.05) is 5.92 Å². The Bertz CT molecular complexity index is 247. The summed E-state index contributed by atoms with van der Waals surface area (Å²) in [6, 6.07) is 0. The van der Waals surface area contributed by atoms with Crippen LogP contribution >= 0.6 is 0 Å².